The molecule has 104 valence electrons. The van der Waals surface area contributed by atoms with Crippen molar-refractivity contribution in [2.75, 3.05) is 24.6 Å². The largest absolute Gasteiger partial charge is 0.355 e. The summed E-state index contributed by atoms with van der Waals surface area (Å²) >= 11 is 0. The number of hydrogen-bond acceptors (Lipinski definition) is 4. The van der Waals surface area contributed by atoms with Crippen LogP contribution in [0.5, 0.6) is 0 Å². The monoisotopic (exact) mass is 274 g/mol. The van der Waals surface area contributed by atoms with E-state index in [0.717, 1.165) is 25.7 Å². The topological polar surface area (TPSA) is 89.3 Å². The molecule has 1 saturated heterocycles. The third-order valence-electron chi connectivity index (χ3n) is 4.31. The van der Waals surface area contributed by atoms with E-state index >= 15 is 0 Å². The van der Waals surface area contributed by atoms with E-state index in [1.807, 2.05) is 0 Å². The molecule has 2 fully saturated rings. The molecule has 1 amide bonds. The molecular weight excluding hydrogens is 252 g/mol. The van der Waals surface area contributed by atoms with Gasteiger partial charge >= 0.3 is 0 Å². The average Bonchev–Trinajstić information content (AvgIpc) is 2.93. The number of carbonyl (C=O) groups excluding carboxylic acids is 1. The molecule has 1 heterocycles. The van der Waals surface area contributed by atoms with Gasteiger partial charge in [0.05, 0.1) is 16.9 Å². The summed E-state index contributed by atoms with van der Waals surface area (Å²) in [7, 11) is -2.86. The lowest BCUT2D eigenvalue weighted by Crippen LogP contribution is -2.45. The highest BCUT2D eigenvalue weighted by molar-refractivity contribution is 7.91. The lowest BCUT2D eigenvalue weighted by Gasteiger charge is -2.26. The summed E-state index contributed by atoms with van der Waals surface area (Å²) in [5.74, 6) is 0.570. The van der Waals surface area contributed by atoms with Crippen LogP contribution in [-0.4, -0.2) is 38.9 Å². The zero-order chi connectivity index (χ0) is 13.2. The molecule has 1 unspecified atom stereocenters. The number of sulfone groups is 1. The number of nitrogens with one attached hydrogen (secondary N) is 1. The van der Waals surface area contributed by atoms with Crippen LogP contribution in [0.15, 0.2) is 0 Å². The molecule has 0 bridgehead atoms. The summed E-state index contributed by atoms with van der Waals surface area (Å²) in [6, 6.07) is 0. The van der Waals surface area contributed by atoms with E-state index < -0.39 is 15.3 Å². The van der Waals surface area contributed by atoms with Gasteiger partial charge in [-0.05, 0) is 25.2 Å². The van der Waals surface area contributed by atoms with Crippen molar-refractivity contribution in [3.63, 3.8) is 0 Å². The molecule has 1 saturated carbocycles. The fourth-order valence-corrected chi connectivity index (χ4v) is 4.90. The van der Waals surface area contributed by atoms with Crippen LogP contribution < -0.4 is 11.1 Å². The van der Waals surface area contributed by atoms with Gasteiger partial charge in [0, 0.05) is 13.1 Å². The summed E-state index contributed by atoms with van der Waals surface area (Å²) in [5.41, 5.74) is 5.35. The highest BCUT2D eigenvalue weighted by atomic mass is 32.2. The van der Waals surface area contributed by atoms with Crippen molar-refractivity contribution in [2.24, 2.45) is 17.1 Å². The second-order valence-electron chi connectivity index (χ2n) is 5.67. The Morgan fingerprint density at radius 3 is 2.50 bits per heavy atom. The Balaban J connectivity index is 1.85. The number of carbonyl (C=O) groups is 1. The maximum Gasteiger partial charge on any atom is 0.227 e. The molecule has 18 heavy (non-hydrogen) atoms. The molecule has 1 atom stereocenters. The molecule has 1 aliphatic carbocycles. The molecule has 1 aliphatic heterocycles. The minimum Gasteiger partial charge on any atom is -0.355 e. The second kappa shape index (κ2) is 5.17. The number of rotatable bonds is 4. The van der Waals surface area contributed by atoms with Crippen molar-refractivity contribution in [1.82, 2.24) is 5.32 Å². The summed E-state index contributed by atoms with van der Waals surface area (Å²) in [5, 5.41) is 2.91. The molecular formula is C12H22N2O3S. The van der Waals surface area contributed by atoms with Crippen LogP contribution in [0, 0.1) is 11.3 Å². The van der Waals surface area contributed by atoms with Crippen LogP contribution in [0.4, 0.5) is 0 Å². The van der Waals surface area contributed by atoms with Gasteiger partial charge < -0.3 is 11.1 Å². The number of amides is 1. The van der Waals surface area contributed by atoms with Crippen LogP contribution in [0.25, 0.3) is 0 Å². The number of nitrogens with two attached hydrogens (primary N) is 1. The minimum atomic E-state index is -2.86. The van der Waals surface area contributed by atoms with Crippen molar-refractivity contribution < 1.29 is 13.2 Å². The molecule has 2 rings (SSSR count). The van der Waals surface area contributed by atoms with E-state index in [1.165, 1.54) is 0 Å². The Morgan fingerprint density at radius 1 is 1.33 bits per heavy atom. The highest BCUT2D eigenvalue weighted by Crippen LogP contribution is 2.37. The van der Waals surface area contributed by atoms with Gasteiger partial charge in [0.1, 0.15) is 0 Å². The Labute approximate surface area is 108 Å². The van der Waals surface area contributed by atoms with Crippen LogP contribution in [0.2, 0.25) is 0 Å². The van der Waals surface area contributed by atoms with Crippen LogP contribution in [0.1, 0.15) is 32.1 Å². The lowest BCUT2D eigenvalue weighted by atomic mass is 9.85. The molecule has 3 N–H and O–H groups in total. The van der Waals surface area contributed by atoms with Crippen LogP contribution in [0.3, 0.4) is 0 Å². The van der Waals surface area contributed by atoms with Gasteiger partial charge in [0.15, 0.2) is 9.84 Å². The smallest absolute Gasteiger partial charge is 0.227 e. The molecule has 0 aromatic rings. The Morgan fingerprint density at radius 2 is 2.00 bits per heavy atom. The molecule has 2 aliphatic rings. The first kappa shape index (κ1) is 13.8. The predicted octanol–water partition coefficient (Wildman–Crippen LogP) is 0.0564. The second-order valence-corrected chi connectivity index (χ2v) is 7.90. The van der Waals surface area contributed by atoms with Crippen molar-refractivity contribution in [3.8, 4) is 0 Å². The summed E-state index contributed by atoms with van der Waals surface area (Å²) < 4.78 is 22.7. The van der Waals surface area contributed by atoms with E-state index in [4.69, 9.17) is 5.73 Å². The molecule has 0 aromatic carbocycles. The summed E-state index contributed by atoms with van der Waals surface area (Å²) in [6.07, 6.45) is 4.50. The summed E-state index contributed by atoms with van der Waals surface area (Å²) in [4.78, 5) is 12.2. The minimum absolute atomic E-state index is 0.0202. The SMILES string of the molecule is NCC1(C(=O)NCC2CCS(=O)(=O)C2)CCCC1. The third-order valence-corrected chi connectivity index (χ3v) is 6.15. The molecule has 0 aromatic heterocycles. The van der Waals surface area contributed by atoms with E-state index in [-0.39, 0.29) is 23.3 Å². The maximum atomic E-state index is 12.2. The zero-order valence-corrected chi connectivity index (χ0v) is 11.5. The first-order valence-electron chi connectivity index (χ1n) is 6.66. The van der Waals surface area contributed by atoms with E-state index in [1.54, 1.807) is 0 Å². The predicted molar refractivity (Wildman–Crippen MR) is 69.7 cm³/mol. The van der Waals surface area contributed by atoms with Gasteiger partial charge in [0.25, 0.3) is 0 Å². The normalized spacial score (nSPS) is 29.3. The van der Waals surface area contributed by atoms with Crippen molar-refractivity contribution >= 4 is 15.7 Å². The van der Waals surface area contributed by atoms with Gasteiger partial charge in [-0.1, -0.05) is 12.8 Å². The summed E-state index contributed by atoms with van der Waals surface area (Å²) in [6.45, 7) is 0.863. The lowest BCUT2D eigenvalue weighted by molar-refractivity contribution is -0.130. The van der Waals surface area contributed by atoms with E-state index in [9.17, 15) is 13.2 Å². The average molecular weight is 274 g/mol. The molecule has 0 spiro atoms. The van der Waals surface area contributed by atoms with Gasteiger partial charge in [-0.2, -0.15) is 0 Å². The van der Waals surface area contributed by atoms with Crippen LogP contribution >= 0.6 is 0 Å². The van der Waals surface area contributed by atoms with Gasteiger partial charge in [-0.3, -0.25) is 4.79 Å². The van der Waals surface area contributed by atoms with Crippen molar-refractivity contribution in [1.29, 1.82) is 0 Å². The van der Waals surface area contributed by atoms with E-state index in [2.05, 4.69) is 5.32 Å². The van der Waals surface area contributed by atoms with Gasteiger partial charge in [-0.15, -0.1) is 0 Å². The van der Waals surface area contributed by atoms with Crippen molar-refractivity contribution in [2.45, 2.75) is 32.1 Å². The quantitative estimate of drug-likeness (QED) is 0.758. The van der Waals surface area contributed by atoms with Crippen molar-refractivity contribution in [3.05, 3.63) is 0 Å². The first-order chi connectivity index (χ1) is 8.47. The highest BCUT2D eigenvalue weighted by Gasteiger charge is 2.40. The molecule has 0 radical (unpaired) electrons. The Kier molecular flexibility index (Phi) is 3.96. The fourth-order valence-electron chi connectivity index (χ4n) is 3.03. The Hall–Kier alpha value is -0.620. The van der Waals surface area contributed by atoms with E-state index in [0.29, 0.717) is 19.5 Å². The molecule has 6 heteroatoms. The first-order valence-corrected chi connectivity index (χ1v) is 8.48. The Bertz CT molecular complexity index is 413. The van der Waals surface area contributed by atoms with Crippen LogP contribution in [-0.2, 0) is 14.6 Å². The number of hydrogen-bond donors (Lipinski definition) is 2. The standard InChI is InChI=1S/C12H22N2O3S/c13-9-12(4-1-2-5-12)11(15)14-7-10-3-6-18(16,17)8-10/h10H,1-9,13H2,(H,14,15). The fraction of sp³-hybridized carbons (Fsp3) is 0.917. The maximum absolute atomic E-state index is 12.2. The molecule has 5 nitrogen and oxygen atoms in total. The zero-order valence-electron chi connectivity index (χ0n) is 10.7. The van der Waals surface area contributed by atoms with Gasteiger partial charge in [-0.25, -0.2) is 8.42 Å². The van der Waals surface area contributed by atoms with Gasteiger partial charge in [0.2, 0.25) is 5.91 Å². The third kappa shape index (κ3) is 2.85.